The van der Waals surface area contributed by atoms with Gasteiger partial charge in [0.2, 0.25) is 11.1 Å². The normalized spacial score (nSPS) is 11.9. The number of H-pyrrole nitrogens is 1. The van der Waals surface area contributed by atoms with Crippen molar-refractivity contribution in [2.24, 2.45) is 0 Å². The van der Waals surface area contributed by atoms with Crippen LogP contribution < -0.4 is 5.32 Å². The number of para-hydroxylation sites is 1. The Balaban J connectivity index is 1.66. The molecule has 2 aromatic carbocycles. The van der Waals surface area contributed by atoms with Crippen molar-refractivity contribution >= 4 is 35.0 Å². The Kier molecular flexibility index (Phi) is 5.25. The Morgan fingerprint density at radius 3 is 2.84 bits per heavy atom. The van der Waals surface area contributed by atoms with Crippen molar-refractivity contribution in [1.82, 2.24) is 15.2 Å². The molecule has 0 aliphatic carbocycles. The molecule has 3 rings (SSSR count). The average Bonchev–Trinajstić information content (AvgIpc) is 3.03. The number of aromatic nitrogens is 3. The van der Waals surface area contributed by atoms with Gasteiger partial charge >= 0.3 is 0 Å². The highest BCUT2D eigenvalue weighted by Gasteiger charge is 2.18. The topological polar surface area (TPSA) is 90.9 Å². The summed E-state index contributed by atoms with van der Waals surface area (Å²) < 4.78 is 0. The third-order valence-electron chi connectivity index (χ3n) is 3.37. The first-order chi connectivity index (χ1) is 12.0. The van der Waals surface area contributed by atoms with Gasteiger partial charge in [0.15, 0.2) is 5.82 Å². The van der Waals surface area contributed by atoms with Gasteiger partial charge in [-0.1, -0.05) is 41.6 Å². The first kappa shape index (κ1) is 17.3. The van der Waals surface area contributed by atoms with Crippen LogP contribution in [0.3, 0.4) is 0 Å². The summed E-state index contributed by atoms with van der Waals surface area (Å²) in [6.07, 6.45) is 0. The molecule has 8 heteroatoms. The number of carbonyl (C=O) groups is 1. The number of amides is 1. The van der Waals surface area contributed by atoms with Gasteiger partial charge in [0, 0.05) is 10.7 Å². The van der Waals surface area contributed by atoms with Crippen molar-refractivity contribution in [1.29, 1.82) is 0 Å². The van der Waals surface area contributed by atoms with Gasteiger partial charge in [0.1, 0.15) is 5.75 Å². The predicted octanol–water partition coefficient (Wildman–Crippen LogP) is 3.95. The quantitative estimate of drug-likeness (QED) is 0.588. The maximum atomic E-state index is 12.3. The molecule has 1 heterocycles. The van der Waals surface area contributed by atoms with Crippen LogP contribution in [0, 0.1) is 0 Å². The fourth-order valence-corrected chi connectivity index (χ4v) is 3.03. The maximum absolute atomic E-state index is 12.3. The number of nitrogens with one attached hydrogen (secondary N) is 2. The molecule has 3 aromatic rings. The molecular weight excluding hydrogens is 360 g/mol. The minimum absolute atomic E-state index is 0.113. The summed E-state index contributed by atoms with van der Waals surface area (Å²) in [7, 11) is 0. The molecule has 0 saturated carbocycles. The molecule has 0 saturated heterocycles. The first-order valence-electron chi connectivity index (χ1n) is 7.47. The summed E-state index contributed by atoms with van der Waals surface area (Å²) in [5.74, 6) is 0.381. The van der Waals surface area contributed by atoms with Crippen LogP contribution in [0.5, 0.6) is 5.75 Å². The molecule has 0 unspecified atom stereocenters. The second-order valence-electron chi connectivity index (χ2n) is 5.24. The van der Waals surface area contributed by atoms with E-state index in [0.717, 1.165) is 0 Å². The monoisotopic (exact) mass is 374 g/mol. The van der Waals surface area contributed by atoms with Crippen molar-refractivity contribution < 1.29 is 9.90 Å². The van der Waals surface area contributed by atoms with E-state index in [2.05, 4.69) is 20.5 Å². The third kappa shape index (κ3) is 4.32. The van der Waals surface area contributed by atoms with E-state index in [4.69, 9.17) is 11.6 Å². The predicted molar refractivity (Wildman–Crippen MR) is 98.9 cm³/mol. The van der Waals surface area contributed by atoms with Crippen LogP contribution in [0.25, 0.3) is 11.4 Å². The molecule has 0 spiro atoms. The van der Waals surface area contributed by atoms with Gasteiger partial charge in [-0.2, -0.15) is 0 Å². The molecule has 1 amide bonds. The molecule has 6 nitrogen and oxygen atoms in total. The van der Waals surface area contributed by atoms with E-state index in [1.165, 1.54) is 11.8 Å². The summed E-state index contributed by atoms with van der Waals surface area (Å²) in [5.41, 5.74) is 1.19. The number of phenolic OH excluding ortho intramolecular Hbond substituents is 1. The number of anilines is 1. The fraction of sp³-hybridized carbons (Fsp3) is 0.118. The van der Waals surface area contributed by atoms with E-state index in [0.29, 0.717) is 27.3 Å². The van der Waals surface area contributed by atoms with Crippen molar-refractivity contribution in [2.45, 2.75) is 17.3 Å². The summed E-state index contributed by atoms with van der Waals surface area (Å²) in [4.78, 5) is 16.6. The SMILES string of the molecule is C[C@H](Sc1n[nH]c(-c2ccccc2O)n1)C(=O)Nc1cccc(Cl)c1. The van der Waals surface area contributed by atoms with Crippen LogP contribution >= 0.6 is 23.4 Å². The summed E-state index contributed by atoms with van der Waals surface area (Å²) in [5, 5.41) is 20.1. The highest BCUT2D eigenvalue weighted by Crippen LogP contribution is 2.28. The van der Waals surface area contributed by atoms with Crippen molar-refractivity contribution in [2.75, 3.05) is 5.32 Å². The Morgan fingerprint density at radius 2 is 2.08 bits per heavy atom. The maximum Gasteiger partial charge on any atom is 0.237 e. The van der Waals surface area contributed by atoms with Crippen LogP contribution in [0.4, 0.5) is 5.69 Å². The molecule has 1 aromatic heterocycles. The Labute approximate surface area is 153 Å². The lowest BCUT2D eigenvalue weighted by Crippen LogP contribution is -2.22. The van der Waals surface area contributed by atoms with Crippen LogP contribution in [-0.2, 0) is 4.79 Å². The summed E-state index contributed by atoms with van der Waals surface area (Å²) >= 11 is 7.13. The second kappa shape index (κ2) is 7.58. The number of hydrogen-bond acceptors (Lipinski definition) is 5. The van der Waals surface area contributed by atoms with Gasteiger partial charge in [0.25, 0.3) is 0 Å². The molecular formula is C17H15ClN4O2S. The van der Waals surface area contributed by atoms with Gasteiger partial charge in [-0.05, 0) is 37.3 Å². The lowest BCUT2D eigenvalue weighted by atomic mass is 10.2. The Morgan fingerprint density at radius 1 is 1.28 bits per heavy atom. The number of benzene rings is 2. The molecule has 0 fully saturated rings. The van der Waals surface area contributed by atoms with Gasteiger partial charge < -0.3 is 10.4 Å². The Hall–Kier alpha value is -2.51. The van der Waals surface area contributed by atoms with Gasteiger partial charge in [-0.3, -0.25) is 9.89 Å². The van der Waals surface area contributed by atoms with E-state index >= 15 is 0 Å². The zero-order valence-electron chi connectivity index (χ0n) is 13.2. The largest absolute Gasteiger partial charge is 0.507 e. The summed E-state index contributed by atoms with van der Waals surface area (Å²) in [6.45, 7) is 1.76. The number of halogens is 1. The fourth-order valence-electron chi connectivity index (χ4n) is 2.12. The van der Waals surface area contributed by atoms with Crippen LogP contribution in [-0.4, -0.2) is 31.4 Å². The van der Waals surface area contributed by atoms with Gasteiger partial charge in [-0.25, -0.2) is 4.98 Å². The van der Waals surface area contributed by atoms with Crippen LogP contribution in [0.1, 0.15) is 6.92 Å². The number of hydrogen-bond donors (Lipinski definition) is 3. The van der Waals surface area contributed by atoms with E-state index in [1.54, 1.807) is 55.5 Å². The standard InChI is InChI=1S/C17H15ClN4O2S/c1-10(16(24)19-12-6-4-5-11(18)9-12)25-17-20-15(21-22-17)13-7-2-3-8-14(13)23/h2-10,23H,1H3,(H,19,24)(H,20,21,22)/t10-/m0/s1. The van der Waals surface area contributed by atoms with Crippen LogP contribution in [0.15, 0.2) is 53.7 Å². The number of nitrogens with zero attached hydrogens (tertiary/aromatic N) is 2. The number of aromatic amines is 1. The molecule has 3 N–H and O–H groups in total. The zero-order valence-corrected chi connectivity index (χ0v) is 14.8. The minimum Gasteiger partial charge on any atom is -0.507 e. The second-order valence-corrected chi connectivity index (χ2v) is 6.99. The highest BCUT2D eigenvalue weighted by molar-refractivity contribution is 8.00. The molecule has 0 aliphatic rings. The summed E-state index contributed by atoms with van der Waals surface area (Å²) in [6, 6.07) is 13.8. The molecule has 128 valence electrons. The van der Waals surface area contributed by atoms with Crippen molar-refractivity contribution in [3.8, 4) is 17.1 Å². The van der Waals surface area contributed by atoms with E-state index in [1.807, 2.05) is 0 Å². The molecule has 0 radical (unpaired) electrons. The molecule has 25 heavy (non-hydrogen) atoms. The molecule has 0 bridgehead atoms. The van der Waals surface area contributed by atoms with Crippen molar-refractivity contribution in [3.63, 3.8) is 0 Å². The number of carbonyl (C=O) groups excluding carboxylic acids is 1. The van der Waals surface area contributed by atoms with Gasteiger partial charge in [-0.15, -0.1) is 5.10 Å². The number of phenols is 1. The number of rotatable bonds is 5. The first-order valence-corrected chi connectivity index (χ1v) is 8.72. The Bertz CT molecular complexity index is 900. The third-order valence-corrected chi connectivity index (χ3v) is 4.56. The highest BCUT2D eigenvalue weighted by atomic mass is 35.5. The lowest BCUT2D eigenvalue weighted by Gasteiger charge is -2.10. The van der Waals surface area contributed by atoms with E-state index in [-0.39, 0.29) is 11.7 Å². The van der Waals surface area contributed by atoms with Crippen molar-refractivity contribution in [3.05, 3.63) is 53.6 Å². The smallest absolute Gasteiger partial charge is 0.237 e. The van der Waals surface area contributed by atoms with Gasteiger partial charge in [0.05, 0.1) is 10.8 Å². The molecule has 1 atom stereocenters. The number of thioether (sulfide) groups is 1. The molecule has 0 aliphatic heterocycles. The lowest BCUT2D eigenvalue weighted by molar-refractivity contribution is -0.115. The average molecular weight is 375 g/mol. The number of aromatic hydroxyl groups is 1. The van der Waals surface area contributed by atoms with E-state index in [9.17, 15) is 9.90 Å². The van der Waals surface area contributed by atoms with E-state index < -0.39 is 5.25 Å². The zero-order chi connectivity index (χ0) is 17.8. The minimum atomic E-state index is -0.410. The van der Waals surface area contributed by atoms with Crippen LogP contribution in [0.2, 0.25) is 5.02 Å².